The van der Waals surface area contributed by atoms with Crippen LogP contribution >= 0.6 is 11.6 Å². The van der Waals surface area contributed by atoms with Gasteiger partial charge in [-0.2, -0.15) is 5.26 Å². The van der Waals surface area contributed by atoms with Crippen molar-refractivity contribution in [2.75, 3.05) is 11.9 Å². The number of nitriles is 1. The Bertz CT molecular complexity index is 558. The molecule has 0 aliphatic carbocycles. The third-order valence-electron chi connectivity index (χ3n) is 2.67. The molecule has 90 valence electrons. The van der Waals surface area contributed by atoms with Crippen molar-refractivity contribution in [3.8, 4) is 6.07 Å². The summed E-state index contributed by atoms with van der Waals surface area (Å²) in [6, 6.07) is 17.6. The number of halogens is 1. The molecule has 0 saturated carbocycles. The zero-order chi connectivity index (χ0) is 12.8. The molecule has 0 spiro atoms. The molecule has 0 fully saturated rings. The molecule has 3 heteroatoms. The van der Waals surface area contributed by atoms with E-state index in [0.717, 1.165) is 18.7 Å². The number of nitrogens with one attached hydrogen (secondary N) is 1. The zero-order valence-corrected chi connectivity index (χ0v) is 10.6. The summed E-state index contributed by atoms with van der Waals surface area (Å²) in [5.41, 5.74) is 2.68. The SMILES string of the molecule is N#Cc1ccc(Cl)cc1NCCc1ccccc1. The first kappa shape index (κ1) is 12.5. The molecule has 0 atom stereocenters. The third-order valence-corrected chi connectivity index (χ3v) is 2.91. The normalized spacial score (nSPS) is 9.78. The van der Waals surface area contributed by atoms with E-state index in [2.05, 4.69) is 23.5 Å². The fourth-order valence-corrected chi connectivity index (χ4v) is 1.92. The third kappa shape index (κ3) is 3.26. The molecular weight excluding hydrogens is 244 g/mol. The van der Waals surface area contributed by atoms with Crippen LogP contribution in [0.2, 0.25) is 5.02 Å². The predicted molar refractivity (Wildman–Crippen MR) is 74.8 cm³/mol. The van der Waals surface area contributed by atoms with Crippen LogP contribution in [0.4, 0.5) is 5.69 Å². The summed E-state index contributed by atoms with van der Waals surface area (Å²) in [7, 11) is 0. The van der Waals surface area contributed by atoms with Gasteiger partial charge >= 0.3 is 0 Å². The van der Waals surface area contributed by atoms with Crippen LogP contribution in [0.15, 0.2) is 48.5 Å². The van der Waals surface area contributed by atoms with Crippen LogP contribution < -0.4 is 5.32 Å². The fourth-order valence-electron chi connectivity index (χ4n) is 1.75. The van der Waals surface area contributed by atoms with E-state index < -0.39 is 0 Å². The van der Waals surface area contributed by atoms with Gasteiger partial charge in [0.1, 0.15) is 6.07 Å². The molecule has 2 aromatic carbocycles. The van der Waals surface area contributed by atoms with Crippen molar-refractivity contribution >= 4 is 17.3 Å². The van der Waals surface area contributed by atoms with Crippen LogP contribution in [-0.2, 0) is 6.42 Å². The van der Waals surface area contributed by atoms with Gasteiger partial charge in [0.25, 0.3) is 0 Å². The second-order valence-corrected chi connectivity index (χ2v) is 4.40. The van der Waals surface area contributed by atoms with Crippen LogP contribution in [-0.4, -0.2) is 6.54 Å². The van der Waals surface area contributed by atoms with Crippen LogP contribution in [0, 0.1) is 11.3 Å². The average molecular weight is 257 g/mol. The zero-order valence-electron chi connectivity index (χ0n) is 9.86. The van der Waals surface area contributed by atoms with Gasteiger partial charge in [-0.15, -0.1) is 0 Å². The Hall–Kier alpha value is -1.98. The second kappa shape index (κ2) is 6.09. The molecule has 0 heterocycles. The molecule has 0 bridgehead atoms. The quantitative estimate of drug-likeness (QED) is 0.902. The van der Waals surface area contributed by atoms with Crippen LogP contribution in [0.3, 0.4) is 0 Å². The highest BCUT2D eigenvalue weighted by Crippen LogP contribution is 2.20. The van der Waals surface area contributed by atoms with E-state index in [1.54, 1.807) is 18.2 Å². The van der Waals surface area contributed by atoms with E-state index >= 15 is 0 Å². The minimum Gasteiger partial charge on any atom is -0.384 e. The number of nitrogens with zero attached hydrogens (tertiary/aromatic N) is 1. The van der Waals surface area contributed by atoms with E-state index in [0.29, 0.717) is 10.6 Å². The highest BCUT2D eigenvalue weighted by molar-refractivity contribution is 6.30. The molecular formula is C15H13ClN2. The summed E-state index contributed by atoms with van der Waals surface area (Å²) in [6.45, 7) is 0.777. The van der Waals surface area contributed by atoms with Gasteiger partial charge in [-0.1, -0.05) is 41.9 Å². The fraction of sp³-hybridized carbons (Fsp3) is 0.133. The Kier molecular flexibility index (Phi) is 4.22. The Morgan fingerprint density at radius 3 is 2.61 bits per heavy atom. The molecule has 0 radical (unpaired) electrons. The van der Waals surface area contributed by atoms with Gasteiger partial charge in [0.2, 0.25) is 0 Å². The predicted octanol–water partition coefficient (Wildman–Crippen LogP) is 3.87. The smallest absolute Gasteiger partial charge is 0.101 e. The van der Waals surface area contributed by atoms with Gasteiger partial charge in [-0.25, -0.2) is 0 Å². The average Bonchev–Trinajstić information content (AvgIpc) is 2.40. The Morgan fingerprint density at radius 2 is 1.89 bits per heavy atom. The molecule has 0 aliphatic heterocycles. The van der Waals surface area contributed by atoms with Gasteiger partial charge in [0.15, 0.2) is 0 Å². The number of benzene rings is 2. The van der Waals surface area contributed by atoms with Crippen molar-refractivity contribution in [1.82, 2.24) is 0 Å². The molecule has 18 heavy (non-hydrogen) atoms. The van der Waals surface area contributed by atoms with Gasteiger partial charge in [0.05, 0.1) is 11.3 Å². The van der Waals surface area contributed by atoms with E-state index in [9.17, 15) is 0 Å². The summed E-state index contributed by atoms with van der Waals surface area (Å²) in [5, 5.41) is 12.9. The molecule has 2 nitrogen and oxygen atoms in total. The summed E-state index contributed by atoms with van der Waals surface area (Å²) in [6.07, 6.45) is 0.915. The maximum atomic E-state index is 8.99. The van der Waals surface area contributed by atoms with Crippen molar-refractivity contribution < 1.29 is 0 Å². The lowest BCUT2D eigenvalue weighted by Crippen LogP contribution is -2.06. The van der Waals surface area contributed by atoms with Gasteiger partial charge in [0, 0.05) is 11.6 Å². The molecule has 1 N–H and O–H groups in total. The van der Waals surface area contributed by atoms with E-state index in [1.807, 2.05) is 18.2 Å². The van der Waals surface area contributed by atoms with Crippen molar-refractivity contribution in [2.24, 2.45) is 0 Å². The van der Waals surface area contributed by atoms with Gasteiger partial charge < -0.3 is 5.32 Å². The molecule has 0 aromatic heterocycles. The van der Waals surface area contributed by atoms with Crippen molar-refractivity contribution in [3.63, 3.8) is 0 Å². The van der Waals surface area contributed by atoms with Crippen molar-refractivity contribution in [1.29, 1.82) is 5.26 Å². The molecule has 0 aliphatic rings. The minimum absolute atomic E-state index is 0.618. The maximum Gasteiger partial charge on any atom is 0.101 e. The summed E-state index contributed by atoms with van der Waals surface area (Å²) < 4.78 is 0. The minimum atomic E-state index is 0.618. The maximum absolute atomic E-state index is 8.99. The summed E-state index contributed by atoms with van der Waals surface area (Å²) in [5.74, 6) is 0. The van der Waals surface area contributed by atoms with Crippen molar-refractivity contribution in [3.05, 3.63) is 64.7 Å². The standard InChI is InChI=1S/C15H13ClN2/c16-14-7-6-13(11-17)15(10-14)18-9-8-12-4-2-1-3-5-12/h1-7,10,18H,8-9H2. The lowest BCUT2D eigenvalue weighted by Gasteiger charge is -2.08. The van der Waals surface area contributed by atoms with Crippen molar-refractivity contribution in [2.45, 2.75) is 6.42 Å². The first-order valence-corrected chi connectivity index (χ1v) is 6.15. The summed E-state index contributed by atoms with van der Waals surface area (Å²) >= 11 is 5.92. The van der Waals surface area contributed by atoms with E-state index in [4.69, 9.17) is 16.9 Å². The first-order chi connectivity index (χ1) is 8.79. The molecule has 2 aromatic rings. The molecule has 0 saturated heterocycles. The largest absolute Gasteiger partial charge is 0.384 e. The summed E-state index contributed by atoms with van der Waals surface area (Å²) in [4.78, 5) is 0. The Labute approximate surface area is 112 Å². The highest BCUT2D eigenvalue weighted by atomic mass is 35.5. The van der Waals surface area contributed by atoms with Gasteiger partial charge in [-0.3, -0.25) is 0 Å². The molecule has 2 rings (SSSR count). The van der Waals surface area contributed by atoms with Crippen LogP contribution in [0.1, 0.15) is 11.1 Å². The van der Waals surface area contributed by atoms with E-state index in [-0.39, 0.29) is 0 Å². The lowest BCUT2D eigenvalue weighted by atomic mass is 10.1. The topological polar surface area (TPSA) is 35.8 Å². The number of hydrogen-bond acceptors (Lipinski definition) is 2. The molecule has 0 amide bonds. The Balaban J connectivity index is 1.98. The monoisotopic (exact) mass is 256 g/mol. The number of rotatable bonds is 4. The molecule has 0 unspecified atom stereocenters. The number of hydrogen-bond donors (Lipinski definition) is 1. The number of anilines is 1. The van der Waals surface area contributed by atoms with Crippen LogP contribution in [0.5, 0.6) is 0 Å². The first-order valence-electron chi connectivity index (χ1n) is 5.77. The lowest BCUT2D eigenvalue weighted by molar-refractivity contribution is 1.02. The van der Waals surface area contributed by atoms with E-state index in [1.165, 1.54) is 5.56 Å². The van der Waals surface area contributed by atoms with Gasteiger partial charge in [-0.05, 0) is 30.2 Å². The highest BCUT2D eigenvalue weighted by Gasteiger charge is 2.02. The van der Waals surface area contributed by atoms with Crippen LogP contribution in [0.25, 0.3) is 0 Å². The second-order valence-electron chi connectivity index (χ2n) is 3.96. The Morgan fingerprint density at radius 1 is 1.11 bits per heavy atom.